The average molecular weight is 276 g/mol. The smallest absolute Gasteiger partial charge is 0.423 e. The maximum atomic E-state index is 9.22. The third kappa shape index (κ3) is 4.60. The summed E-state index contributed by atoms with van der Waals surface area (Å²) in [4.78, 5) is 0. The molecule has 0 radical (unpaired) electrons. The summed E-state index contributed by atoms with van der Waals surface area (Å²) in [6.45, 7) is 0. The Hall–Kier alpha value is -2.36. The van der Waals surface area contributed by atoms with Gasteiger partial charge in [-0.1, -0.05) is 91.0 Å². The van der Waals surface area contributed by atoms with Crippen molar-refractivity contribution in [3.05, 3.63) is 91.0 Å². The van der Waals surface area contributed by atoms with Crippen molar-refractivity contribution in [1.29, 1.82) is 0 Å². The molecule has 0 aliphatic rings. The van der Waals surface area contributed by atoms with Crippen LogP contribution in [-0.2, 0) is 0 Å². The summed E-state index contributed by atoms with van der Waals surface area (Å²) in [5, 5.41) is 18.4. The molecule has 0 spiro atoms. The zero-order valence-corrected chi connectivity index (χ0v) is 11.6. The summed E-state index contributed by atoms with van der Waals surface area (Å²) >= 11 is 0. The first kappa shape index (κ1) is 15.0. The quantitative estimate of drug-likeness (QED) is 0.706. The van der Waals surface area contributed by atoms with E-state index in [1.54, 1.807) is 12.1 Å². The van der Waals surface area contributed by atoms with Crippen LogP contribution >= 0.6 is 0 Å². The molecule has 0 saturated carbocycles. The van der Waals surface area contributed by atoms with Crippen LogP contribution < -0.4 is 5.46 Å². The van der Waals surface area contributed by atoms with Gasteiger partial charge in [-0.25, -0.2) is 0 Å². The van der Waals surface area contributed by atoms with Gasteiger partial charge in [-0.05, 0) is 16.6 Å². The van der Waals surface area contributed by atoms with E-state index >= 15 is 0 Å². The molecule has 0 saturated heterocycles. The second-order valence-electron chi connectivity index (χ2n) is 4.48. The van der Waals surface area contributed by atoms with Gasteiger partial charge < -0.3 is 10.0 Å². The molecule has 3 heteroatoms. The molecule has 0 amide bonds. The van der Waals surface area contributed by atoms with Crippen LogP contribution in [-0.4, -0.2) is 17.2 Å². The zero-order chi connectivity index (χ0) is 14.9. The maximum absolute atomic E-state index is 9.22. The van der Waals surface area contributed by atoms with Gasteiger partial charge in [-0.15, -0.1) is 0 Å². The first-order valence-electron chi connectivity index (χ1n) is 6.79. The number of rotatable bonds is 2. The largest absolute Gasteiger partial charge is 0.489 e. The monoisotopic (exact) mass is 276 g/mol. The van der Waals surface area contributed by atoms with Gasteiger partial charge in [0, 0.05) is 0 Å². The summed E-state index contributed by atoms with van der Waals surface area (Å²) < 4.78 is 0. The molecule has 3 aromatic rings. The van der Waals surface area contributed by atoms with E-state index in [0.29, 0.717) is 5.46 Å². The van der Waals surface area contributed by atoms with E-state index < -0.39 is 7.12 Å². The first-order valence-corrected chi connectivity index (χ1v) is 6.79. The molecule has 0 unspecified atom stereocenters. The van der Waals surface area contributed by atoms with Crippen molar-refractivity contribution in [3.8, 4) is 11.1 Å². The number of hydrogen-bond acceptors (Lipinski definition) is 2. The molecule has 3 aromatic carbocycles. The van der Waals surface area contributed by atoms with E-state index in [-0.39, 0.29) is 0 Å². The van der Waals surface area contributed by atoms with Gasteiger partial charge in [0.2, 0.25) is 0 Å². The first-order chi connectivity index (χ1) is 10.3. The van der Waals surface area contributed by atoms with Crippen LogP contribution in [0.3, 0.4) is 0 Å². The minimum Gasteiger partial charge on any atom is -0.423 e. The topological polar surface area (TPSA) is 40.5 Å². The highest BCUT2D eigenvalue weighted by molar-refractivity contribution is 6.60. The van der Waals surface area contributed by atoms with Crippen LogP contribution in [0.25, 0.3) is 11.1 Å². The molecule has 2 N–H and O–H groups in total. The Balaban J connectivity index is 0.000000225. The molecule has 2 nitrogen and oxygen atoms in total. The fourth-order valence-corrected chi connectivity index (χ4v) is 1.99. The Labute approximate surface area is 125 Å². The highest BCUT2D eigenvalue weighted by Gasteiger charge is 2.15. The van der Waals surface area contributed by atoms with E-state index in [4.69, 9.17) is 0 Å². The summed E-state index contributed by atoms with van der Waals surface area (Å²) in [5.41, 5.74) is 2.37. The molecule has 0 aliphatic heterocycles. The lowest BCUT2D eigenvalue weighted by atomic mass is 9.75. The summed E-state index contributed by atoms with van der Waals surface area (Å²) in [6, 6.07) is 28.9. The zero-order valence-electron chi connectivity index (χ0n) is 11.6. The normalized spacial score (nSPS) is 9.43. The molecule has 21 heavy (non-hydrogen) atoms. The van der Waals surface area contributed by atoms with Crippen molar-refractivity contribution in [3.63, 3.8) is 0 Å². The molecule has 0 fully saturated rings. The third-order valence-electron chi connectivity index (χ3n) is 2.99. The third-order valence-corrected chi connectivity index (χ3v) is 2.99. The SMILES string of the molecule is OB(O)c1ccccc1-c1ccccc1.c1ccccc1. The van der Waals surface area contributed by atoms with E-state index in [9.17, 15) is 10.0 Å². The minimum absolute atomic E-state index is 0.531. The van der Waals surface area contributed by atoms with Gasteiger partial charge >= 0.3 is 7.12 Å². The van der Waals surface area contributed by atoms with Gasteiger partial charge in [-0.3, -0.25) is 0 Å². The molecule has 3 rings (SSSR count). The van der Waals surface area contributed by atoms with Crippen molar-refractivity contribution in [2.24, 2.45) is 0 Å². The Morgan fingerprint density at radius 1 is 0.524 bits per heavy atom. The van der Waals surface area contributed by atoms with Gasteiger partial charge in [0.1, 0.15) is 0 Å². The van der Waals surface area contributed by atoms with Gasteiger partial charge in [0.15, 0.2) is 0 Å². The van der Waals surface area contributed by atoms with Crippen molar-refractivity contribution < 1.29 is 10.0 Å². The van der Waals surface area contributed by atoms with Gasteiger partial charge in [0.25, 0.3) is 0 Å². The molecule has 0 aliphatic carbocycles. The van der Waals surface area contributed by atoms with Crippen LogP contribution in [0.1, 0.15) is 0 Å². The second-order valence-corrected chi connectivity index (χ2v) is 4.48. The average Bonchev–Trinajstić information content (AvgIpc) is 2.58. The summed E-state index contributed by atoms with van der Waals surface area (Å²) in [7, 11) is -1.43. The van der Waals surface area contributed by atoms with Crippen LogP contribution in [0.5, 0.6) is 0 Å². The molecular weight excluding hydrogens is 259 g/mol. The van der Waals surface area contributed by atoms with Crippen molar-refractivity contribution >= 4 is 12.6 Å². The van der Waals surface area contributed by atoms with Crippen LogP contribution in [0, 0.1) is 0 Å². The van der Waals surface area contributed by atoms with Crippen molar-refractivity contribution in [2.45, 2.75) is 0 Å². The fourth-order valence-electron chi connectivity index (χ4n) is 1.99. The Bertz CT molecular complexity index is 613. The lowest BCUT2D eigenvalue weighted by Gasteiger charge is -2.08. The van der Waals surface area contributed by atoms with Crippen LogP contribution in [0.2, 0.25) is 0 Å². The second kappa shape index (κ2) is 8.05. The summed E-state index contributed by atoms with van der Waals surface area (Å²) in [6.07, 6.45) is 0. The Morgan fingerprint density at radius 3 is 1.48 bits per heavy atom. The molecule has 0 aromatic heterocycles. The lowest BCUT2D eigenvalue weighted by molar-refractivity contribution is 0.426. The summed E-state index contributed by atoms with van der Waals surface area (Å²) in [5.74, 6) is 0. The number of benzene rings is 3. The highest BCUT2D eigenvalue weighted by atomic mass is 16.4. The van der Waals surface area contributed by atoms with Crippen molar-refractivity contribution in [1.82, 2.24) is 0 Å². The molecule has 0 atom stereocenters. The fraction of sp³-hybridized carbons (Fsp3) is 0. The minimum atomic E-state index is -1.43. The van der Waals surface area contributed by atoms with E-state index in [2.05, 4.69) is 0 Å². The Kier molecular flexibility index (Phi) is 5.77. The number of hydrogen-bond donors (Lipinski definition) is 2. The van der Waals surface area contributed by atoms with E-state index in [0.717, 1.165) is 11.1 Å². The molecular formula is C18H17BO2. The van der Waals surface area contributed by atoms with Crippen LogP contribution in [0.15, 0.2) is 91.0 Å². The standard InChI is InChI=1S/C12H11BO2.C6H6/c14-13(15)12-9-5-4-8-11(12)10-6-2-1-3-7-10;1-2-4-6-5-3-1/h1-9,14-15H;1-6H. The Morgan fingerprint density at radius 2 is 0.952 bits per heavy atom. The van der Waals surface area contributed by atoms with E-state index in [1.165, 1.54) is 0 Å². The van der Waals surface area contributed by atoms with Crippen LogP contribution in [0.4, 0.5) is 0 Å². The van der Waals surface area contributed by atoms with E-state index in [1.807, 2.05) is 78.9 Å². The molecule has 0 bridgehead atoms. The highest BCUT2D eigenvalue weighted by Crippen LogP contribution is 2.16. The predicted molar refractivity (Wildman–Crippen MR) is 88.1 cm³/mol. The molecule has 0 heterocycles. The van der Waals surface area contributed by atoms with Crippen molar-refractivity contribution in [2.75, 3.05) is 0 Å². The maximum Gasteiger partial charge on any atom is 0.489 e. The van der Waals surface area contributed by atoms with Gasteiger partial charge in [-0.2, -0.15) is 0 Å². The predicted octanol–water partition coefficient (Wildman–Crippen LogP) is 2.72. The van der Waals surface area contributed by atoms with Gasteiger partial charge in [0.05, 0.1) is 0 Å². The lowest BCUT2D eigenvalue weighted by Crippen LogP contribution is -2.31. The molecule has 104 valence electrons.